The van der Waals surface area contributed by atoms with Crippen molar-refractivity contribution in [1.82, 2.24) is 0 Å². The zero-order chi connectivity index (χ0) is 10.9. The van der Waals surface area contributed by atoms with Crippen molar-refractivity contribution in [3.8, 4) is 0 Å². The molecule has 0 aromatic carbocycles. The van der Waals surface area contributed by atoms with Crippen LogP contribution in [0.1, 0.15) is 20.3 Å². The van der Waals surface area contributed by atoms with E-state index in [1.165, 1.54) is 0 Å². The van der Waals surface area contributed by atoms with E-state index in [0.29, 0.717) is 16.8 Å². The lowest BCUT2D eigenvalue weighted by molar-refractivity contribution is -0.884. The molecule has 0 bridgehead atoms. The van der Waals surface area contributed by atoms with Gasteiger partial charge in [0.1, 0.15) is 0 Å². The van der Waals surface area contributed by atoms with Crippen LogP contribution in [0.25, 0.3) is 0 Å². The molecule has 0 aromatic heterocycles. The fourth-order valence-electron chi connectivity index (χ4n) is 1.33. The summed E-state index contributed by atoms with van der Waals surface area (Å²) in [6, 6.07) is 0. The first kappa shape index (κ1) is 13.1. The third-order valence-electron chi connectivity index (χ3n) is 1.96. The van der Waals surface area contributed by atoms with Crippen molar-refractivity contribution in [3.05, 3.63) is 0 Å². The van der Waals surface area contributed by atoms with Crippen LogP contribution in [-0.2, 0) is 4.57 Å². The second-order valence-electron chi connectivity index (χ2n) is 4.82. The molecule has 80 valence electrons. The third-order valence-corrected chi connectivity index (χ3v) is 3.64. The highest BCUT2D eigenvalue weighted by Gasteiger charge is 2.40. The molecule has 0 heterocycles. The first-order valence-electron chi connectivity index (χ1n) is 4.41. The maximum absolute atomic E-state index is 11.2. The first-order chi connectivity index (χ1) is 5.55. The van der Waals surface area contributed by atoms with Gasteiger partial charge in [-0.1, -0.05) is 13.8 Å². The Balaban J connectivity index is 4.68. The van der Waals surface area contributed by atoms with Gasteiger partial charge in [0, 0.05) is 6.42 Å². The van der Waals surface area contributed by atoms with Crippen molar-refractivity contribution in [2.75, 3.05) is 21.1 Å². The summed E-state index contributed by atoms with van der Waals surface area (Å²) < 4.78 is 11.5. The van der Waals surface area contributed by atoms with Crippen LogP contribution in [0.3, 0.4) is 0 Å². The molecule has 0 saturated carbocycles. The molecule has 0 aliphatic carbocycles. The van der Waals surface area contributed by atoms with Gasteiger partial charge < -0.3 is 14.3 Å². The fourth-order valence-corrected chi connectivity index (χ4v) is 2.93. The zero-order valence-electron chi connectivity index (χ0n) is 9.06. The Morgan fingerprint density at radius 1 is 1.23 bits per heavy atom. The van der Waals surface area contributed by atoms with Crippen molar-refractivity contribution >= 4 is 7.60 Å². The predicted molar refractivity (Wildman–Crippen MR) is 53.3 cm³/mol. The molecule has 0 radical (unpaired) electrons. The van der Waals surface area contributed by atoms with Crippen LogP contribution in [0.15, 0.2) is 0 Å². The third kappa shape index (κ3) is 4.77. The maximum Gasteiger partial charge on any atom is 0.382 e. The van der Waals surface area contributed by atoms with E-state index in [2.05, 4.69) is 0 Å². The van der Waals surface area contributed by atoms with Gasteiger partial charge in [-0.2, -0.15) is 0 Å². The second kappa shape index (κ2) is 4.09. The largest absolute Gasteiger partial charge is 0.382 e. The van der Waals surface area contributed by atoms with Gasteiger partial charge in [-0.05, 0) is 5.92 Å². The number of hydrogen-bond donors (Lipinski definition) is 2. The molecule has 0 fully saturated rings. The quantitative estimate of drug-likeness (QED) is 0.542. The summed E-state index contributed by atoms with van der Waals surface area (Å²) in [5.41, 5.74) is 0. The summed E-state index contributed by atoms with van der Waals surface area (Å²) in [5.74, 6) is -0.289. The average molecular weight is 210 g/mol. The molecule has 0 aliphatic heterocycles. The summed E-state index contributed by atoms with van der Waals surface area (Å²) >= 11 is 0. The van der Waals surface area contributed by atoms with E-state index >= 15 is 0 Å². The first-order valence-corrected chi connectivity index (χ1v) is 6.09. The molecular formula is C8H21NO3P+. The molecule has 0 saturated heterocycles. The predicted octanol–water partition coefficient (Wildman–Crippen LogP) is 1.24. The smallest absolute Gasteiger partial charge is 0.320 e. The molecule has 5 heteroatoms. The summed E-state index contributed by atoms with van der Waals surface area (Å²) in [7, 11) is 1.46. The lowest BCUT2D eigenvalue weighted by Crippen LogP contribution is -2.45. The minimum Gasteiger partial charge on any atom is -0.320 e. The van der Waals surface area contributed by atoms with Crippen molar-refractivity contribution in [3.63, 3.8) is 0 Å². The van der Waals surface area contributed by atoms with Gasteiger partial charge in [0.25, 0.3) is 0 Å². The van der Waals surface area contributed by atoms with Crippen molar-refractivity contribution in [2.24, 2.45) is 5.92 Å². The highest BCUT2D eigenvalue weighted by Crippen LogP contribution is 2.47. The molecule has 0 spiro atoms. The maximum atomic E-state index is 11.2. The molecule has 0 rings (SSSR count). The summed E-state index contributed by atoms with van der Waals surface area (Å²) in [6.07, 6.45) is 0.549. The number of nitrogens with zero attached hydrogens (tertiary/aromatic N) is 1. The van der Waals surface area contributed by atoms with Gasteiger partial charge in [0.2, 0.25) is 0 Å². The normalized spacial score (nSPS) is 16.3. The van der Waals surface area contributed by atoms with E-state index in [4.69, 9.17) is 9.79 Å². The number of hydrogen-bond acceptors (Lipinski definition) is 1. The molecule has 4 nitrogen and oxygen atoms in total. The van der Waals surface area contributed by atoms with E-state index < -0.39 is 13.4 Å². The molecule has 0 amide bonds. The van der Waals surface area contributed by atoms with Gasteiger partial charge in [-0.3, -0.25) is 4.57 Å². The van der Waals surface area contributed by atoms with Crippen LogP contribution in [0.4, 0.5) is 0 Å². The minimum atomic E-state index is -3.98. The van der Waals surface area contributed by atoms with Crippen molar-refractivity contribution in [1.29, 1.82) is 0 Å². The minimum absolute atomic E-state index is 0.301. The summed E-state index contributed by atoms with van der Waals surface area (Å²) in [5, 5.41) is 0. The summed E-state index contributed by atoms with van der Waals surface area (Å²) in [4.78, 5) is 18.3. The topological polar surface area (TPSA) is 57.5 Å². The van der Waals surface area contributed by atoms with Crippen molar-refractivity contribution in [2.45, 2.75) is 26.1 Å². The molecule has 0 aliphatic rings. The van der Waals surface area contributed by atoms with Gasteiger partial charge >= 0.3 is 7.60 Å². The molecule has 2 N–H and O–H groups in total. The van der Waals surface area contributed by atoms with Crippen LogP contribution in [0, 0.1) is 5.92 Å². The van der Waals surface area contributed by atoms with E-state index in [0.717, 1.165) is 0 Å². The van der Waals surface area contributed by atoms with E-state index in [1.807, 2.05) is 35.0 Å². The van der Waals surface area contributed by atoms with Crippen molar-refractivity contribution < 1.29 is 18.8 Å². The van der Waals surface area contributed by atoms with Gasteiger partial charge in [-0.25, -0.2) is 0 Å². The van der Waals surface area contributed by atoms with Crippen LogP contribution < -0.4 is 0 Å². The Morgan fingerprint density at radius 3 is 1.69 bits per heavy atom. The Hall–Kier alpha value is 0.110. The van der Waals surface area contributed by atoms with E-state index in [1.54, 1.807) is 0 Å². The standard InChI is InChI=1S/C8H20NO3P/c1-7(2)6-8(9(3,4)5)13(10,11)12/h7-8H,6H2,1-5H3,(H-,10,11,12)/p+1/t8-/m1/s1. The van der Waals surface area contributed by atoms with Crippen LogP contribution in [0.5, 0.6) is 0 Å². The molecule has 13 heavy (non-hydrogen) atoms. The Kier molecular flexibility index (Phi) is 4.13. The summed E-state index contributed by atoms with van der Waals surface area (Å²) in [6.45, 7) is 3.94. The van der Waals surface area contributed by atoms with E-state index in [-0.39, 0.29) is 0 Å². The second-order valence-corrected chi connectivity index (χ2v) is 6.59. The van der Waals surface area contributed by atoms with Crippen LogP contribution >= 0.6 is 7.60 Å². The Labute approximate surface area is 80.3 Å². The Bertz CT molecular complexity index is 204. The van der Waals surface area contributed by atoms with Crippen LogP contribution in [-0.4, -0.2) is 41.2 Å². The lowest BCUT2D eigenvalue weighted by Gasteiger charge is -2.35. The van der Waals surface area contributed by atoms with Gasteiger partial charge in [-0.15, -0.1) is 0 Å². The van der Waals surface area contributed by atoms with Crippen LogP contribution in [0.2, 0.25) is 0 Å². The van der Waals surface area contributed by atoms with Gasteiger partial charge in [0.15, 0.2) is 5.78 Å². The zero-order valence-corrected chi connectivity index (χ0v) is 9.95. The Morgan fingerprint density at radius 2 is 1.62 bits per heavy atom. The highest BCUT2D eigenvalue weighted by molar-refractivity contribution is 7.52. The van der Waals surface area contributed by atoms with E-state index in [9.17, 15) is 4.57 Å². The molecule has 0 unspecified atom stereocenters. The molecule has 1 atom stereocenters. The average Bonchev–Trinajstić information content (AvgIpc) is 1.77. The molecular weight excluding hydrogens is 189 g/mol. The number of rotatable bonds is 4. The highest BCUT2D eigenvalue weighted by atomic mass is 31.2. The number of quaternary nitrogens is 1. The molecule has 0 aromatic rings. The monoisotopic (exact) mass is 210 g/mol. The van der Waals surface area contributed by atoms with Gasteiger partial charge in [0.05, 0.1) is 21.1 Å². The fraction of sp³-hybridized carbons (Fsp3) is 1.00. The lowest BCUT2D eigenvalue weighted by atomic mass is 10.1. The SMILES string of the molecule is CC(C)C[C@H]([N+](C)(C)C)P(=O)(O)O.